The fraction of sp³-hybridized carbons (Fsp3) is 1.00. The highest BCUT2D eigenvalue weighted by Crippen LogP contribution is 2.26. The third-order valence-electron chi connectivity index (χ3n) is 2.60. The summed E-state index contributed by atoms with van der Waals surface area (Å²) in [5.74, 6) is 0.789. The smallest absolute Gasteiger partial charge is 0.0610 e. The number of hydrogen-bond donors (Lipinski definition) is 2. The van der Waals surface area contributed by atoms with Crippen LogP contribution in [0.25, 0.3) is 0 Å². The molecule has 66 valence electrons. The molecule has 1 aliphatic rings. The summed E-state index contributed by atoms with van der Waals surface area (Å²) in [6.07, 6.45) is 3.69. The molecular formula is C9H19NO. The molecule has 0 aromatic rings. The minimum absolute atomic E-state index is 0.0137. The molecule has 0 amide bonds. The number of aliphatic hydroxyl groups excluding tert-OH is 1. The van der Waals surface area contributed by atoms with Crippen molar-refractivity contribution < 1.29 is 5.11 Å². The maximum Gasteiger partial charge on any atom is 0.0610 e. The predicted molar refractivity (Wildman–Crippen MR) is 46.5 cm³/mol. The molecule has 2 nitrogen and oxygen atoms in total. The fourth-order valence-corrected chi connectivity index (χ4v) is 1.91. The standard InChI is InChI=1S/C9H19NO/c1-3-4-8-5-9(2,7-11)10-6-8/h8,10-11H,3-7H2,1-2H3. The molecule has 2 N–H and O–H groups in total. The van der Waals surface area contributed by atoms with Gasteiger partial charge in [0.15, 0.2) is 0 Å². The van der Waals surface area contributed by atoms with Crippen molar-refractivity contribution in [1.82, 2.24) is 5.32 Å². The summed E-state index contributed by atoms with van der Waals surface area (Å²) in [5.41, 5.74) is 0.0137. The third-order valence-corrected chi connectivity index (χ3v) is 2.60. The lowest BCUT2D eigenvalue weighted by Gasteiger charge is -2.20. The van der Waals surface area contributed by atoms with Crippen LogP contribution < -0.4 is 5.32 Å². The Balaban J connectivity index is 2.33. The van der Waals surface area contributed by atoms with Crippen LogP contribution in [0.4, 0.5) is 0 Å². The monoisotopic (exact) mass is 157 g/mol. The zero-order valence-electron chi connectivity index (χ0n) is 7.56. The molecule has 0 bridgehead atoms. The molecule has 1 fully saturated rings. The van der Waals surface area contributed by atoms with Crippen LogP contribution >= 0.6 is 0 Å². The van der Waals surface area contributed by atoms with E-state index in [9.17, 15) is 0 Å². The summed E-state index contributed by atoms with van der Waals surface area (Å²) in [6, 6.07) is 0. The average Bonchev–Trinajstić information content (AvgIpc) is 2.35. The Morgan fingerprint density at radius 2 is 2.36 bits per heavy atom. The molecule has 1 heterocycles. The molecule has 0 aromatic carbocycles. The first-order valence-electron chi connectivity index (χ1n) is 4.56. The van der Waals surface area contributed by atoms with Gasteiger partial charge in [-0.15, -0.1) is 0 Å². The molecule has 1 rings (SSSR count). The second kappa shape index (κ2) is 3.55. The van der Waals surface area contributed by atoms with Gasteiger partial charge in [0.2, 0.25) is 0 Å². The van der Waals surface area contributed by atoms with Gasteiger partial charge in [-0.25, -0.2) is 0 Å². The lowest BCUT2D eigenvalue weighted by molar-refractivity contribution is 0.188. The highest BCUT2D eigenvalue weighted by molar-refractivity contribution is 4.92. The fourth-order valence-electron chi connectivity index (χ4n) is 1.91. The van der Waals surface area contributed by atoms with Crippen LogP contribution in [0.5, 0.6) is 0 Å². The molecular weight excluding hydrogens is 138 g/mol. The van der Waals surface area contributed by atoms with Crippen LogP contribution in [0, 0.1) is 5.92 Å². The number of nitrogens with one attached hydrogen (secondary N) is 1. The van der Waals surface area contributed by atoms with Crippen LogP contribution in [0.15, 0.2) is 0 Å². The zero-order valence-corrected chi connectivity index (χ0v) is 7.56. The van der Waals surface area contributed by atoms with E-state index in [1.54, 1.807) is 0 Å². The van der Waals surface area contributed by atoms with Crippen molar-refractivity contribution in [2.75, 3.05) is 13.2 Å². The maximum atomic E-state index is 9.05. The quantitative estimate of drug-likeness (QED) is 0.644. The van der Waals surface area contributed by atoms with E-state index in [2.05, 4.69) is 19.2 Å². The largest absolute Gasteiger partial charge is 0.394 e. The van der Waals surface area contributed by atoms with Crippen LogP contribution in [-0.2, 0) is 0 Å². The zero-order chi connectivity index (χ0) is 8.32. The van der Waals surface area contributed by atoms with Crippen LogP contribution in [-0.4, -0.2) is 23.8 Å². The van der Waals surface area contributed by atoms with E-state index in [0.717, 1.165) is 18.9 Å². The van der Waals surface area contributed by atoms with Gasteiger partial charge in [-0.1, -0.05) is 13.3 Å². The van der Waals surface area contributed by atoms with Crippen molar-refractivity contribution in [2.24, 2.45) is 5.92 Å². The summed E-state index contributed by atoms with van der Waals surface area (Å²) in [5, 5.41) is 12.4. The SMILES string of the molecule is CCCC1CNC(C)(CO)C1. The molecule has 0 spiro atoms. The first-order chi connectivity index (χ1) is 5.20. The van der Waals surface area contributed by atoms with E-state index in [4.69, 9.17) is 5.11 Å². The first kappa shape index (κ1) is 9.01. The van der Waals surface area contributed by atoms with Gasteiger partial charge >= 0.3 is 0 Å². The summed E-state index contributed by atoms with van der Waals surface area (Å²) >= 11 is 0. The van der Waals surface area contributed by atoms with Gasteiger partial charge in [0.1, 0.15) is 0 Å². The van der Waals surface area contributed by atoms with Crippen molar-refractivity contribution >= 4 is 0 Å². The number of hydrogen-bond acceptors (Lipinski definition) is 2. The lowest BCUT2D eigenvalue weighted by atomic mass is 9.93. The second-order valence-electron chi connectivity index (χ2n) is 3.96. The third kappa shape index (κ3) is 2.17. The second-order valence-corrected chi connectivity index (χ2v) is 3.96. The molecule has 1 aliphatic heterocycles. The molecule has 0 aliphatic carbocycles. The molecule has 0 radical (unpaired) electrons. The van der Waals surface area contributed by atoms with Gasteiger partial charge < -0.3 is 10.4 Å². The summed E-state index contributed by atoms with van der Waals surface area (Å²) in [4.78, 5) is 0. The van der Waals surface area contributed by atoms with E-state index < -0.39 is 0 Å². The Morgan fingerprint density at radius 1 is 1.64 bits per heavy atom. The van der Waals surface area contributed by atoms with E-state index in [0.29, 0.717) is 0 Å². The normalized spacial score (nSPS) is 37.9. The first-order valence-corrected chi connectivity index (χ1v) is 4.56. The molecule has 0 aromatic heterocycles. The lowest BCUT2D eigenvalue weighted by Crippen LogP contribution is -2.39. The molecule has 2 atom stereocenters. The van der Waals surface area contributed by atoms with E-state index in [1.165, 1.54) is 12.8 Å². The molecule has 0 saturated carbocycles. The van der Waals surface area contributed by atoms with E-state index in [-0.39, 0.29) is 12.1 Å². The van der Waals surface area contributed by atoms with Gasteiger partial charge in [0, 0.05) is 5.54 Å². The summed E-state index contributed by atoms with van der Waals surface area (Å²) in [6.45, 7) is 5.68. The molecule has 2 heteroatoms. The van der Waals surface area contributed by atoms with E-state index >= 15 is 0 Å². The van der Waals surface area contributed by atoms with Crippen LogP contribution in [0.1, 0.15) is 33.1 Å². The van der Waals surface area contributed by atoms with Crippen LogP contribution in [0.2, 0.25) is 0 Å². The Hall–Kier alpha value is -0.0800. The Morgan fingerprint density at radius 3 is 2.82 bits per heavy atom. The Labute approximate surface area is 69.0 Å². The maximum absolute atomic E-state index is 9.05. The highest BCUT2D eigenvalue weighted by Gasteiger charge is 2.32. The van der Waals surface area contributed by atoms with Gasteiger partial charge in [0.25, 0.3) is 0 Å². The Bertz CT molecular complexity index is 127. The van der Waals surface area contributed by atoms with Crippen LogP contribution in [0.3, 0.4) is 0 Å². The van der Waals surface area contributed by atoms with Crippen molar-refractivity contribution in [3.05, 3.63) is 0 Å². The minimum atomic E-state index is 0.0137. The molecule has 2 unspecified atom stereocenters. The topological polar surface area (TPSA) is 32.3 Å². The number of aliphatic hydroxyl groups is 1. The van der Waals surface area contributed by atoms with Gasteiger partial charge in [-0.05, 0) is 32.2 Å². The van der Waals surface area contributed by atoms with Crippen molar-refractivity contribution in [3.63, 3.8) is 0 Å². The summed E-state index contributed by atoms with van der Waals surface area (Å²) in [7, 11) is 0. The minimum Gasteiger partial charge on any atom is -0.394 e. The average molecular weight is 157 g/mol. The van der Waals surface area contributed by atoms with Gasteiger partial charge in [-0.3, -0.25) is 0 Å². The van der Waals surface area contributed by atoms with E-state index in [1.807, 2.05) is 0 Å². The number of rotatable bonds is 3. The Kier molecular flexibility index (Phi) is 2.90. The van der Waals surface area contributed by atoms with Crippen molar-refractivity contribution in [3.8, 4) is 0 Å². The predicted octanol–water partition coefficient (Wildman–Crippen LogP) is 1.15. The van der Waals surface area contributed by atoms with Crippen molar-refractivity contribution in [1.29, 1.82) is 0 Å². The van der Waals surface area contributed by atoms with Crippen molar-refractivity contribution in [2.45, 2.75) is 38.6 Å². The summed E-state index contributed by atoms with van der Waals surface area (Å²) < 4.78 is 0. The highest BCUT2D eigenvalue weighted by atomic mass is 16.3. The molecule has 11 heavy (non-hydrogen) atoms. The van der Waals surface area contributed by atoms with Gasteiger partial charge in [0.05, 0.1) is 6.61 Å². The van der Waals surface area contributed by atoms with Gasteiger partial charge in [-0.2, -0.15) is 0 Å². The molecule has 1 saturated heterocycles.